The predicted molar refractivity (Wildman–Crippen MR) is 79.0 cm³/mol. The van der Waals surface area contributed by atoms with Crippen molar-refractivity contribution in [3.63, 3.8) is 0 Å². The molecule has 0 aliphatic heterocycles. The van der Waals surface area contributed by atoms with E-state index in [0.29, 0.717) is 10.0 Å². The van der Waals surface area contributed by atoms with Crippen LogP contribution in [0.4, 0.5) is 11.5 Å². The van der Waals surface area contributed by atoms with Crippen LogP contribution in [0, 0.1) is 10.1 Å². The molecule has 0 aliphatic carbocycles. The van der Waals surface area contributed by atoms with Crippen LogP contribution >= 0.6 is 15.9 Å². The topological polar surface area (TPSA) is 105 Å². The summed E-state index contributed by atoms with van der Waals surface area (Å²) in [6.07, 6.45) is 1.07. The Morgan fingerprint density at radius 3 is 2.57 bits per heavy atom. The van der Waals surface area contributed by atoms with E-state index < -0.39 is 16.9 Å². The predicted octanol–water partition coefficient (Wildman–Crippen LogP) is 2.99. The molecular formula is C13H10BrN3O4. The number of nitrogens with one attached hydrogen (secondary N) is 1. The molecule has 0 spiro atoms. The second kappa shape index (κ2) is 6.31. The summed E-state index contributed by atoms with van der Waals surface area (Å²) in [6.45, 7) is 0. The van der Waals surface area contributed by atoms with Crippen LogP contribution < -0.4 is 5.32 Å². The standard InChI is InChI=1S/C13H10BrN3O4/c14-10-6-9(17(20)21)7-15-12(10)16-11(13(18)19)8-4-2-1-3-5-8/h1-7,11H,(H,15,16)(H,18,19). The third-order valence-corrected chi connectivity index (χ3v) is 3.30. The van der Waals surface area contributed by atoms with Gasteiger partial charge in [-0.2, -0.15) is 0 Å². The normalized spacial score (nSPS) is 11.7. The van der Waals surface area contributed by atoms with E-state index in [1.54, 1.807) is 30.3 Å². The molecule has 1 unspecified atom stereocenters. The number of carboxylic acid groups (broad SMARTS) is 1. The molecule has 1 aromatic heterocycles. The smallest absolute Gasteiger partial charge is 0.330 e. The SMILES string of the molecule is O=C(O)C(Nc1ncc([N+](=O)[O-])cc1Br)c1ccccc1. The first-order chi connectivity index (χ1) is 9.99. The Balaban J connectivity index is 2.30. The Morgan fingerprint density at radius 2 is 2.05 bits per heavy atom. The molecule has 0 saturated carbocycles. The van der Waals surface area contributed by atoms with E-state index in [1.165, 1.54) is 6.07 Å². The zero-order valence-corrected chi connectivity index (χ0v) is 12.1. The molecule has 0 fully saturated rings. The van der Waals surface area contributed by atoms with Crippen molar-refractivity contribution in [1.82, 2.24) is 4.98 Å². The molecule has 7 nitrogen and oxygen atoms in total. The van der Waals surface area contributed by atoms with Gasteiger partial charge in [0, 0.05) is 6.07 Å². The minimum absolute atomic E-state index is 0.181. The van der Waals surface area contributed by atoms with Gasteiger partial charge in [0.2, 0.25) is 0 Å². The quantitative estimate of drug-likeness (QED) is 0.633. The largest absolute Gasteiger partial charge is 0.479 e. The number of aromatic nitrogens is 1. The molecule has 2 aromatic rings. The van der Waals surface area contributed by atoms with Gasteiger partial charge in [0.05, 0.1) is 9.40 Å². The Labute approximate surface area is 127 Å². The molecule has 1 aromatic carbocycles. The van der Waals surface area contributed by atoms with Gasteiger partial charge in [0.15, 0.2) is 6.04 Å². The van der Waals surface area contributed by atoms with Crippen molar-refractivity contribution in [3.8, 4) is 0 Å². The molecule has 2 N–H and O–H groups in total. The number of hydrogen-bond acceptors (Lipinski definition) is 5. The zero-order valence-electron chi connectivity index (χ0n) is 10.6. The summed E-state index contributed by atoms with van der Waals surface area (Å²) in [6, 6.07) is 8.84. The summed E-state index contributed by atoms with van der Waals surface area (Å²) in [5.41, 5.74) is 0.371. The average molecular weight is 352 g/mol. The number of halogens is 1. The summed E-state index contributed by atoms with van der Waals surface area (Å²) >= 11 is 3.14. The Kier molecular flexibility index (Phi) is 4.49. The first-order valence-corrected chi connectivity index (χ1v) is 6.62. The second-order valence-electron chi connectivity index (χ2n) is 4.11. The van der Waals surface area contributed by atoms with Crippen molar-refractivity contribution in [2.45, 2.75) is 6.04 Å². The fourth-order valence-electron chi connectivity index (χ4n) is 1.70. The van der Waals surface area contributed by atoms with Crippen molar-refractivity contribution in [2.75, 3.05) is 5.32 Å². The van der Waals surface area contributed by atoms with E-state index in [2.05, 4.69) is 26.2 Å². The molecule has 8 heteroatoms. The van der Waals surface area contributed by atoms with E-state index in [9.17, 15) is 20.0 Å². The molecule has 21 heavy (non-hydrogen) atoms. The van der Waals surface area contributed by atoms with Gasteiger partial charge >= 0.3 is 5.97 Å². The van der Waals surface area contributed by atoms with Gasteiger partial charge < -0.3 is 10.4 Å². The van der Waals surface area contributed by atoms with Crippen LogP contribution in [0.3, 0.4) is 0 Å². The summed E-state index contributed by atoms with van der Waals surface area (Å²) < 4.78 is 0.318. The minimum atomic E-state index is -1.08. The van der Waals surface area contributed by atoms with Crippen LogP contribution in [0.5, 0.6) is 0 Å². The maximum Gasteiger partial charge on any atom is 0.330 e. The molecule has 1 heterocycles. The first-order valence-electron chi connectivity index (χ1n) is 5.83. The third kappa shape index (κ3) is 3.54. The van der Waals surface area contributed by atoms with E-state index >= 15 is 0 Å². The van der Waals surface area contributed by atoms with Crippen molar-refractivity contribution in [2.24, 2.45) is 0 Å². The number of carboxylic acids is 1. The average Bonchev–Trinajstić information content (AvgIpc) is 2.46. The molecular weight excluding hydrogens is 342 g/mol. The lowest BCUT2D eigenvalue weighted by Gasteiger charge is -2.16. The number of nitrogens with zero attached hydrogens (tertiary/aromatic N) is 2. The van der Waals surface area contributed by atoms with Crippen molar-refractivity contribution >= 4 is 33.4 Å². The number of anilines is 1. The molecule has 0 radical (unpaired) electrons. The Bertz CT molecular complexity index is 678. The van der Waals surface area contributed by atoms with Gasteiger partial charge in [-0.1, -0.05) is 30.3 Å². The summed E-state index contributed by atoms with van der Waals surface area (Å²) in [5, 5.41) is 22.7. The number of carbonyl (C=O) groups is 1. The number of aliphatic carboxylic acids is 1. The van der Waals surface area contributed by atoms with E-state index in [1.807, 2.05) is 0 Å². The van der Waals surface area contributed by atoms with Crippen LogP contribution in [-0.2, 0) is 4.79 Å². The highest BCUT2D eigenvalue weighted by Crippen LogP contribution is 2.27. The van der Waals surface area contributed by atoms with Gasteiger partial charge in [-0.3, -0.25) is 10.1 Å². The number of hydrogen-bond donors (Lipinski definition) is 2. The summed E-state index contributed by atoms with van der Waals surface area (Å²) in [4.78, 5) is 25.3. The van der Waals surface area contributed by atoms with Crippen LogP contribution in [0.25, 0.3) is 0 Å². The van der Waals surface area contributed by atoms with E-state index in [0.717, 1.165) is 6.20 Å². The van der Waals surface area contributed by atoms with Crippen molar-refractivity contribution in [1.29, 1.82) is 0 Å². The monoisotopic (exact) mass is 351 g/mol. The first kappa shape index (κ1) is 14.9. The highest BCUT2D eigenvalue weighted by Gasteiger charge is 2.21. The lowest BCUT2D eigenvalue weighted by molar-refractivity contribution is -0.385. The fraction of sp³-hybridized carbons (Fsp3) is 0.0769. The van der Waals surface area contributed by atoms with Gasteiger partial charge in [0.1, 0.15) is 12.0 Å². The minimum Gasteiger partial charge on any atom is -0.479 e. The second-order valence-corrected chi connectivity index (χ2v) is 4.96. The lowest BCUT2D eigenvalue weighted by atomic mass is 10.1. The number of benzene rings is 1. The van der Waals surface area contributed by atoms with E-state index in [-0.39, 0.29) is 11.5 Å². The van der Waals surface area contributed by atoms with Crippen molar-refractivity contribution < 1.29 is 14.8 Å². The Hall–Kier alpha value is -2.48. The molecule has 1 atom stereocenters. The number of nitro groups is 1. The Morgan fingerprint density at radius 1 is 1.38 bits per heavy atom. The molecule has 0 bridgehead atoms. The van der Waals surface area contributed by atoms with Gasteiger partial charge in [-0.25, -0.2) is 9.78 Å². The van der Waals surface area contributed by atoms with Crippen LogP contribution in [0.2, 0.25) is 0 Å². The summed E-state index contributed by atoms with van der Waals surface area (Å²) in [5.74, 6) is -0.856. The summed E-state index contributed by atoms with van der Waals surface area (Å²) in [7, 11) is 0. The van der Waals surface area contributed by atoms with Gasteiger partial charge in [0.25, 0.3) is 5.69 Å². The number of rotatable bonds is 5. The highest BCUT2D eigenvalue weighted by atomic mass is 79.9. The lowest BCUT2D eigenvalue weighted by Crippen LogP contribution is -2.21. The molecule has 0 aliphatic rings. The molecule has 2 rings (SSSR count). The highest BCUT2D eigenvalue weighted by molar-refractivity contribution is 9.10. The van der Waals surface area contributed by atoms with Gasteiger partial charge in [-0.05, 0) is 21.5 Å². The molecule has 0 saturated heterocycles. The maximum absolute atomic E-state index is 11.4. The fourth-order valence-corrected chi connectivity index (χ4v) is 2.16. The zero-order chi connectivity index (χ0) is 15.4. The van der Waals surface area contributed by atoms with E-state index in [4.69, 9.17) is 0 Å². The van der Waals surface area contributed by atoms with Crippen molar-refractivity contribution in [3.05, 3.63) is 62.7 Å². The number of pyridine rings is 1. The molecule has 0 amide bonds. The molecule has 108 valence electrons. The maximum atomic E-state index is 11.4. The van der Waals surface area contributed by atoms with Crippen LogP contribution in [0.1, 0.15) is 11.6 Å². The third-order valence-electron chi connectivity index (χ3n) is 2.70. The van der Waals surface area contributed by atoms with Crippen LogP contribution in [0.15, 0.2) is 47.1 Å². The van der Waals surface area contributed by atoms with Crippen LogP contribution in [-0.4, -0.2) is 21.0 Å². The van der Waals surface area contributed by atoms with Gasteiger partial charge in [-0.15, -0.1) is 0 Å².